The van der Waals surface area contributed by atoms with E-state index in [-0.39, 0.29) is 10.9 Å². The second kappa shape index (κ2) is 8.30. The Labute approximate surface area is 155 Å². The number of rotatable bonds is 7. The van der Waals surface area contributed by atoms with Crippen LogP contribution in [-0.2, 0) is 23.5 Å². The Morgan fingerprint density at radius 1 is 1.31 bits per heavy atom. The number of benzene rings is 1. The molecule has 1 aliphatic rings. The molecule has 0 amide bonds. The molecule has 1 fully saturated rings. The predicted molar refractivity (Wildman–Crippen MR) is 101 cm³/mol. The van der Waals surface area contributed by atoms with Crippen molar-refractivity contribution in [3.05, 3.63) is 47.8 Å². The fourth-order valence-electron chi connectivity index (χ4n) is 3.26. The number of hydrogen-bond donors (Lipinski definition) is 2. The first-order valence-corrected chi connectivity index (χ1v) is 10.5. The molecular formula is C18H27N5O2S. The highest BCUT2D eigenvalue weighted by Gasteiger charge is 2.24. The molecule has 0 radical (unpaired) electrons. The second-order valence-electron chi connectivity index (χ2n) is 6.60. The summed E-state index contributed by atoms with van der Waals surface area (Å²) >= 11 is 0. The van der Waals surface area contributed by atoms with Gasteiger partial charge in [-0.05, 0) is 17.5 Å². The minimum absolute atomic E-state index is 0.201. The van der Waals surface area contributed by atoms with Crippen molar-refractivity contribution in [2.75, 3.05) is 32.7 Å². The summed E-state index contributed by atoms with van der Waals surface area (Å²) in [6.45, 7) is 5.88. The van der Waals surface area contributed by atoms with Crippen molar-refractivity contribution in [2.24, 2.45) is 7.05 Å². The van der Waals surface area contributed by atoms with Gasteiger partial charge in [-0.25, -0.2) is 13.1 Å². The first kappa shape index (κ1) is 19.0. The Balaban J connectivity index is 1.61. The third-order valence-corrected chi connectivity index (χ3v) is 6.23. The van der Waals surface area contributed by atoms with E-state index in [0.29, 0.717) is 13.1 Å². The molecule has 8 heteroatoms. The SMILES string of the molecule is CCc1ccc(C2CNCCN2CCNS(=O)(=O)c2cnn(C)c2)cc1. The van der Waals surface area contributed by atoms with E-state index in [0.717, 1.165) is 26.1 Å². The van der Waals surface area contributed by atoms with Crippen LogP contribution in [0.3, 0.4) is 0 Å². The molecule has 1 atom stereocenters. The lowest BCUT2D eigenvalue weighted by Gasteiger charge is -2.36. The lowest BCUT2D eigenvalue weighted by atomic mass is 10.0. The molecule has 0 saturated carbocycles. The molecule has 1 aliphatic heterocycles. The molecule has 26 heavy (non-hydrogen) atoms. The Morgan fingerprint density at radius 2 is 2.08 bits per heavy atom. The van der Waals surface area contributed by atoms with Crippen LogP contribution in [0.5, 0.6) is 0 Å². The van der Waals surface area contributed by atoms with Gasteiger partial charge < -0.3 is 5.32 Å². The summed E-state index contributed by atoms with van der Waals surface area (Å²) in [6, 6.07) is 8.98. The number of nitrogens with zero attached hydrogens (tertiary/aromatic N) is 3. The molecule has 2 N–H and O–H groups in total. The molecule has 0 aliphatic carbocycles. The van der Waals surface area contributed by atoms with Gasteiger partial charge in [-0.15, -0.1) is 0 Å². The summed E-state index contributed by atoms with van der Waals surface area (Å²) in [6.07, 6.45) is 3.90. The van der Waals surface area contributed by atoms with Gasteiger partial charge in [0.1, 0.15) is 4.90 Å². The van der Waals surface area contributed by atoms with Gasteiger partial charge in [0.15, 0.2) is 0 Å². The van der Waals surface area contributed by atoms with Crippen LogP contribution in [0, 0.1) is 0 Å². The van der Waals surface area contributed by atoms with Crippen LogP contribution >= 0.6 is 0 Å². The van der Waals surface area contributed by atoms with Crippen LogP contribution in [-0.4, -0.2) is 55.8 Å². The quantitative estimate of drug-likeness (QED) is 0.750. The molecular weight excluding hydrogens is 350 g/mol. The van der Waals surface area contributed by atoms with Gasteiger partial charge in [-0.1, -0.05) is 31.2 Å². The standard InChI is InChI=1S/C18H27N5O2S/c1-3-15-4-6-16(7-5-15)18-13-19-8-10-23(18)11-9-21-26(24,25)17-12-20-22(2)14-17/h4-7,12,14,18-19,21H,3,8-11,13H2,1-2H3. The average molecular weight is 378 g/mol. The van der Waals surface area contributed by atoms with E-state index in [1.165, 1.54) is 28.2 Å². The van der Waals surface area contributed by atoms with E-state index < -0.39 is 10.0 Å². The summed E-state index contributed by atoms with van der Waals surface area (Å²) < 4.78 is 28.8. The zero-order chi connectivity index (χ0) is 18.6. The van der Waals surface area contributed by atoms with E-state index in [2.05, 4.69) is 51.2 Å². The highest BCUT2D eigenvalue weighted by molar-refractivity contribution is 7.89. The van der Waals surface area contributed by atoms with Gasteiger partial charge in [0, 0.05) is 52.0 Å². The van der Waals surface area contributed by atoms with Crippen molar-refractivity contribution >= 4 is 10.0 Å². The molecule has 142 valence electrons. The van der Waals surface area contributed by atoms with Crippen LogP contribution in [0.15, 0.2) is 41.6 Å². The van der Waals surface area contributed by atoms with Gasteiger partial charge in [-0.2, -0.15) is 5.10 Å². The highest BCUT2D eigenvalue weighted by atomic mass is 32.2. The van der Waals surface area contributed by atoms with Crippen LogP contribution in [0.4, 0.5) is 0 Å². The Morgan fingerprint density at radius 3 is 2.73 bits per heavy atom. The molecule has 1 unspecified atom stereocenters. The molecule has 0 spiro atoms. The molecule has 7 nitrogen and oxygen atoms in total. The Bertz CT molecular complexity index is 816. The van der Waals surface area contributed by atoms with Gasteiger partial charge in [0.25, 0.3) is 0 Å². The van der Waals surface area contributed by atoms with E-state index in [1.807, 2.05) is 0 Å². The van der Waals surface area contributed by atoms with Crippen molar-refractivity contribution in [1.82, 2.24) is 24.7 Å². The topological polar surface area (TPSA) is 79.3 Å². The largest absolute Gasteiger partial charge is 0.314 e. The fourth-order valence-corrected chi connectivity index (χ4v) is 4.27. The Hall–Kier alpha value is -1.74. The van der Waals surface area contributed by atoms with Gasteiger partial charge in [0.2, 0.25) is 10.0 Å². The summed E-state index contributed by atoms with van der Waals surface area (Å²) in [4.78, 5) is 2.54. The third-order valence-electron chi connectivity index (χ3n) is 4.81. The summed E-state index contributed by atoms with van der Waals surface area (Å²) in [7, 11) is -1.80. The van der Waals surface area contributed by atoms with E-state index in [9.17, 15) is 8.42 Å². The molecule has 3 rings (SSSR count). The zero-order valence-corrected chi connectivity index (χ0v) is 16.2. The lowest BCUT2D eigenvalue weighted by molar-refractivity contribution is 0.165. The highest BCUT2D eigenvalue weighted by Crippen LogP contribution is 2.22. The third kappa shape index (κ3) is 4.50. The molecule has 1 saturated heterocycles. The summed E-state index contributed by atoms with van der Waals surface area (Å²) in [5.74, 6) is 0. The Kier molecular flexibility index (Phi) is 6.08. The zero-order valence-electron chi connectivity index (χ0n) is 15.4. The van der Waals surface area contributed by atoms with Crippen LogP contribution in [0.25, 0.3) is 0 Å². The van der Waals surface area contributed by atoms with Crippen LogP contribution in [0.2, 0.25) is 0 Å². The minimum atomic E-state index is -3.51. The maximum atomic E-state index is 12.3. The molecule has 2 aromatic rings. The normalized spacial score (nSPS) is 18.9. The predicted octanol–water partition coefficient (Wildman–Crippen LogP) is 0.907. The smallest absolute Gasteiger partial charge is 0.243 e. The number of aromatic nitrogens is 2. The van der Waals surface area contributed by atoms with Crippen molar-refractivity contribution < 1.29 is 8.42 Å². The first-order chi connectivity index (χ1) is 12.5. The maximum Gasteiger partial charge on any atom is 0.243 e. The van der Waals surface area contributed by atoms with Crippen molar-refractivity contribution in [3.63, 3.8) is 0 Å². The number of sulfonamides is 1. The molecule has 1 aromatic carbocycles. The number of aryl methyl sites for hydroxylation is 2. The van der Waals surface area contributed by atoms with Gasteiger partial charge >= 0.3 is 0 Å². The summed E-state index contributed by atoms with van der Waals surface area (Å²) in [5.41, 5.74) is 2.60. The van der Waals surface area contributed by atoms with Gasteiger partial charge in [0.05, 0.1) is 6.20 Å². The molecule has 2 heterocycles. The monoisotopic (exact) mass is 377 g/mol. The van der Waals surface area contributed by atoms with E-state index in [1.54, 1.807) is 7.05 Å². The lowest BCUT2D eigenvalue weighted by Crippen LogP contribution is -2.48. The fraction of sp³-hybridized carbons (Fsp3) is 0.500. The maximum absolute atomic E-state index is 12.3. The van der Waals surface area contributed by atoms with E-state index >= 15 is 0 Å². The van der Waals surface area contributed by atoms with Crippen molar-refractivity contribution in [2.45, 2.75) is 24.3 Å². The number of piperazine rings is 1. The second-order valence-corrected chi connectivity index (χ2v) is 8.37. The van der Waals surface area contributed by atoms with E-state index in [4.69, 9.17) is 0 Å². The first-order valence-electron chi connectivity index (χ1n) is 9.01. The summed E-state index contributed by atoms with van der Waals surface area (Å²) in [5, 5.41) is 7.36. The number of hydrogen-bond acceptors (Lipinski definition) is 5. The van der Waals surface area contributed by atoms with Crippen molar-refractivity contribution in [1.29, 1.82) is 0 Å². The molecule has 1 aromatic heterocycles. The van der Waals surface area contributed by atoms with Crippen LogP contribution < -0.4 is 10.0 Å². The van der Waals surface area contributed by atoms with Crippen LogP contribution in [0.1, 0.15) is 24.1 Å². The average Bonchev–Trinajstić information content (AvgIpc) is 3.10. The number of nitrogens with one attached hydrogen (secondary N) is 2. The molecule has 0 bridgehead atoms. The minimum Gasteiger partial charge on any atom is -0.314 e. The van der Waals surface area contributed by atoms with Crippen molar-refractivity contribution in [3.8, 4) is 0 Å². The van der Waals surface area contributed by atoms with Gasteiger partial charge in [-0.3, -0.25) is 9.58 Å².